The van der Waals surface area contributed by atoms with Gasteiger partial charge in [-0.05, 0) is 18.4 Å². The van der Waals surface area contributed by atoms with Gasteiger partial charge >= 0.3 is 0 Å². The van der Waals surface area contributed by atoms with Crippen molar-refractivity contribution in [3.63, 3.8) is 0 Å². The van der Waals surface area contributed by atoms with Crippen molar-refractivity contribution in [3.8, 4) is 0 Å². The second kappa shape index (κ2) is 3.65. The Morgan fingerprint density at radius 1 is 1.31 bits per heavy atom. The minimum absolute atomic E-state index is 0.392. The molecule has 0 unspecified atom stereocenters. The molecule has 1 aromatic rings. The van der Waals surface area contributed by atoms with Gasteiger partial charge in [-0.2, -0.15) is 0 Å². The Balaban J connectivity index is 2.53. The van der Waals surface area contributed by atoms with Crippen molar-refractivity contribution in [2.24, 2.45) is 0 Å². The molecule has 1 nitrogen and oxygen atoms in total. The molecule has 1 saturated carbocycles. The Kier molecular flexibility index (Phi) is 2.56. The Morgan fingerprint density at radius 3 is 2.38 bits per heavy atom. The van der Waals surface area contributed by atoms with Crippen LogP contribution in [0.3, 0.4) is 0 Å². The fraction of sp³-hybridized carbons (Fsp3) is 0.462. The number of alkyl halides is 2. The Hall–Kier alpha value is -1.25. The SMILES string of the molecule is CC(F)(F)C1(c2ccccc2C=O)CCC1. The topological polar surface area (TPSA) is 17.1 Å². The molecule has 0 N–H and O–H groups in total. The molecule has 0 aromatic heterocycles. The van der Waals surface area contributed by atoms with Crippen molar-refractivity contribution in [2.45, 2.75) is 37.5 Å². The van der Waals surface area contributed by atoms with E-state index < -0.39 is 11.3 Å². The lowest BCUT2D eigenvalue weighted by Gasteiger charge is -2.47. The van der Waals surface area contributed by atoms with Gasteiger partial charge in [-0.3, -0.25) is 4.79 Å². The summed E-state index contributed by atoms with van der Waals surface area (Å²) in [4.78, 5) is 10.9. The first kappa shape index (κ1) is 11.2. The van der Waals surface area contributed by atoms with Gasteiger partial charge in [0.25, 0.3) is 5.92 Å². The monoisotopic (exact) mass is 224 g/mol. The van der Waals surface area contributed by atoms with Crippen LogP contribution in [0, 0.1) is 0 Å². The van der Waals surface area contributed by atoms with Crippen molar-refractivity contribution < 1.29 is 13.6 Å². The molecule has 1 aliphatic carbocycles. The normalized spacial score (nSPS) is 18.9. The minimum atomic E-state index is -2.77. The van der Waals surface area contributed by atoms with Gasteiger partial charge in [-0.1, -0.05) is 30.7 Å². The van der Waals surface area contributed by atoms with E-state index in [-0.39, 0.29) is 0 Å². The van der Waals surface area contributed by atoms with Crippen LogP contribution in [0.2, 0.25) is 0 Å². The third-order valence-electron chi connectivity index (χ3n) is 3.65. The van der Waals surface area contributed by atoms with Gasteiger partial charge in [-0.25, -0.2) is 8.78 Å². The highest BCUT2D eigenvalue weighted by molar-refractivity contribution is 5.78. The number of rotatable bonds is 3. The minimum Gasteiger partial charge on any atom is -0.298 e. The molecule has 0 spiro atoms. The molecule has 0 atom stereocenters. The molecule has 0 aliphatic heterocycles. The van der Waals surface area contributed by atoms with E-state index in [0.717, 1.165) is 13.3 Å². The number of carbonyl (C=O) groups excluding carboxylic acids is 1. The van der Waals surface area contributed by atoms with Crippen LogP contribution in [-0.2, 0) is 5.41 Å². The average Bonchev–Trinajstić information content (AvgIpc) is 2.14. The van der Waals surface area contributed by atoms with Crippen LogP contribution in [0.25, 0.3) is 0 Å². The number of benzene rings is 1. The number of carbonyl (C=O) groups is 1. The molecular weight excluding hydrogens is 210 g/mol. The first-order valence-corrected chi connectivity index (χ1v) is 5.44. The largest absolute Gasteiger partial charge is 0.298 e. The van der Waals surface area contributed by atoms with Gasteiger partial charge < -0.3 is 0 Å². The quantitative estimate of drug-likeness (QED) is 0.717. The van der Waals surface area contributed by atoms with Gasteiger partial charge in [0.05, 0.1) is 5.41 Å². The molecular formula is C13H14F2O. The van der Waals surface area contributed by atoms with Crippen molar-refractivity contribution in [1.29, 1.82) is 0 Å². The number of hydrogen-bond donors (Lipinski definition) is 0. The first-order valence-electron chi connectivity index (χ1n) is 5.44. The maximum atomic E-state index is 13.7. The van der Waals surface area contributed by atoms with Gasteiger partial charge in [0.1, 0.15) is 6.29 Å². The molecule has 2 rings (SSSR count). The van der Waals surface area contributed by atoms with Gasteiger partial charge in [-0.15, -0.1) is 0 Å². The van der Waals surface area contributed by atoms with E-state index in [0.29, 0.717) is 30.3 Å². The van der Waals surface area contributed by atoms with Crippen molar-refractivity contribution in [1.82, 2.24) is 0 Å². The van der Waals surface area contributed by atoms with Gasteiger partial charge in [0, 0.05) is 12.5 Å². The van der Waals surface area contributed by atoms with Crippen molar-refractivity contribution >= 4 is 6.29 Å². The Labute approximate surface area is 93.5 Å². The number of hydrogen-bond acceptors (Lipinski definition) is 1. The highest BCUT2D eigenvalue weighted by Crippen LogP contribution is 2.54. The molecule has 1 fully saturated rings. The van der Waals surface area contributed by atoms with E-state index in [1.807, 2.05) is 0 Å². The van der Waals surface area contributed by atoms with E-state index in [1.54, 1.807) is 24.3 Å². The summed E-state index contributed by atoms with van der Waals surface area (Å²) in [6.45, 7) is 0.952. The predicted molar refractivity (Wildman–Crippen MR) is 58.0 cm³/mol. The predicted octanol–water partition coefficient (Wildman–Crippen LogP) is 3.58. The number of halogens is 2. The summed E-state index contributed by atoms with van der Waals surface area (Å²) < 4.78 is 27.4. The second-order valence-electron chi connectivity index (χ2n) is 4.53. The smallest absolute Gasteiger partial charge is 0.254 e. The molecule has 1 aliphatic rings. The van der Waals surface area contributed by atoms with Crippen LogP contribution >= 0.6 is 0 Å². The van der Waals surface area contributed by atoms with Crippen LogP contribution in [0.15, 0.2) is 24.3 Å². The Bertz CT molecular complexity index is 403. The summed E-state index contributed by atoms with van der Waals surface area (Å²) in [6, 6.07) is 6.68. The van der Waals surface area contributed by atoms with Crippen LogP contribution in [-0.4, -0.2) is 12.2 Å². The molecule has 0 saturated heterocycles. The third-order valence-corrected chi connectivity index (χ3v) is 3.65. The fourth-order valence-electron chi connectivity index (χ4n) is 2.51. The zero-order valence-electron chi connectivity index (χ0n) is 9.17. The van der Waals surface area contributed by atoms with Crippen LogP contribution in [0.4, 0.5) is 8.78 Å². The fourth-order valence-corrected chi connectivity index (χ4v) is 2.51. The summed E-state index contributed by atoms with van der Waals surface area (Å²) in [5.74, 6) is -2.77. The molecule has 86 valence electrons. The first-order chi connectivity index (χ1) is 7.51. The highest BCUT2D eigenvalue weighted by atomic mass is 19.3. The summed E-state index contributed by atoms with van der Waals surface area (Å²) in [7, 11) is 0. The molecule has 0 radical (unpaired) electrons. The van der Waals surface area contributed by atoms with Crippen LogP contribution in [0.5, 0.6) is 0 Å². The summed E-state index contributed by atoms with van der Waals surface area (Å²) in [5, 5.41) is 0. The zero-order valence-corrected chi connectivity index (χ0v) is 9.17. The van der Waals surface area contributed by atoms with Crippen molar-refractivity contribution in [3.05, 3.63) is 35.4 Å². The molecule has 0 amide bonds. The lowest BCUT2D eigenvalue weighted by Crippen LogP contribution is -2.49. The van der Waals surface area contributed by atoms with E-state index in [9.17, 15) is 13.6 Å². The molecule has 3 heteroatoms. The summed E-state index contributed by atoms with van der Waals surface area (Å²) in [5.41, 5.74) is -0.225. The second-order valence-corrected chi connectivity index (χ2v) is 4.53. The maximum absolute atomic E-state index is 13.7. The lowest BCUT2D eigenvalue weighted by molar-refractivity contribution is -0.0970. The summed E-state index contributed by atoms with van der Waals surface area (Å²) >= 11 is 0. The van der Waals surface area contributed by atoms with Crippen LogP contribution < -0.4 is 0 Å². The Morgan fingerprint density at radius 2 is 1.94 bits per heavy atom. The average molecular weight is 224 g/mol. The van der Waals surface area contributed by atoms with E-state index in [4.69, 9.17) is 0 Å². The van der Waals surface area contributed by atoms with E-state index >= 15 is 0 Å². The number of aldehydes is 1. The van der Waals surface area contributed by atoms with Gasteiger partial charge in [0.2, 0.25) is 0 Å². The van der Waals surface area contributed by atoms with Crippen LogP contribution in [0.1, 0.15) is 42.1 Å². The molecule has 16 heavy (non-hydrogen) atoms. The zero-order chi connectivity index (χ0) is 11.8. The summed E-state index contributed by atoms with van der Waals surface area (Å²) in [6.07, 6.45) is 2.39. The molecule has 0 bridgehead atoms. The standard InChI is InChI=1S/C13H14F2O/c1-12(14,15)13(7-4-8-13)11-6-3-2-5-10(11)9-16/h2-3,5-6,9H,4,7-8H2,1H3. The highest BCUT2D eigenvalue weighted by Gasteiger charge is 2.55. The van der Waals surface area contributed by atoms with Crippen molar-refractivity contribution in [2.75, 3.05) is 0 Å². The third kappa shape index (κ3) is 1.46. The molecule has 1 aromatic carbocycles. The van der Waals surface area contributed by atoms with E-state index in [2.05, 4.69) is 0 Å². The van der Waals surface area contributed by atoms with Gasteiger partial charge in [0.15, 0.2) is 0 Å². The molecule has 0 heterocycles. The van der Waals surface area contributed by atoms with E-state index in [1.165, 1.54) is 0 Å². The lowest BCUT2D eigenvalue weighted by atomic mass is 9.60. The maximum Gasteiger partial charge on any atom is 0.254 e.